The number of aromatic amines is 1. The molecular formula is C14H10F3N3O2S. The first kappa shape index (κ1) is 15.3. The van der Waals surface area contributed by atoms with Crippen LogP contribution < -0.4 is 4.72 Å². The number of halogens is 3. The van der Waals surface area contributed by atoms with Gasteiger partial charge in [0.1, 0.15) is 0 Å². The Kier molecular flexibility index (Phi) is 3.52. The summed E-state index contributed by atoms with van der Waals surface area (Å²) in [5, 5.41) is 7.02. The van der Waals surface area contributed by atoms with Crippen LogP contribution in [0.25, 0.3) is 10.9 Å². The van der Waals surface area contributed by atoms with E-state index in [0.29, 0.717) is 10.9 Å². The Labute approximate surface area is 129 Å². The highest BCUT2D eigenvalue weighted by Crippen LogP contribution is 2.35. The number of benzene rings is 2. The molecule has 0 fully saturated rings. The number of sulfonamides is 1. The molecule has 5 nitrogen and oxygen atoms in total. The Hall–Kier alpha value is -2.55. The summed E-state index contributed by atoms with van der Waals surface area (Å²) < 4.78 is 66.0. The molecule has 0 bridgehead atoms. The van der Waals surface area contributed by atoms with Gasteiger partial charge in [0.15, 0.2) is 0 Å². The summed E-state index contributed by atoms with van der Waals surface area (Å²) in [6, 6.07) is 8.72. The largest absolute Gasteiger partial charge is 0.417 e. The zero-order valence-corrected chi connectivity index (χ0v) is 12.2. The Balaban J connectivity index is 2.09. The molecule has 9 heteroatoms. The normalized spacial score (nSPS) is 12.5. The molecule has 3 aromatic rings. The van der Waals surface area contributed by atoms with Crippen molar-refractivity contribution in [2.24, 2.45) is 0 Å². The second kappa shape index (κ2) is 5.27. The SMILES string of the molecule is O=S(=O)(Nc1cccc2cn[nH]c12)c1ccccc1C(F)(F)F. The molecule has 0 aliphatic heterocycles. The van der Waals surface area contributed by atoms with Crippen LogP contribution in [-0.2, 0) is 16.2 Å². The third kappa shape index (κ3) is 2.87. The van der Waals surface area contributed by atoms with Crippen LogP contribution in [0.5, 0.6) is 0 Å². The van der Waals surface area contributed by atoms with Crippen molar-refractivity contribution in [1.82, 2.24) is 10.2 Å². The first-order valence-corrected chi connectivity index (χ1v) is 7.88. The summed E-state index contributed by atoms with van der Waals surface area (Å²) in [4.78, 5) is -0.830. The van der Waals surface area contributed by atoms with Gasteiger partial charge >= 0.3 is 6.18 Å². The number of hydrogen-bond donors (Lipinski definition) is 2. The molecule has 2 N–H and O–H groups in total. The first-order valence-electron chi connectivity index (χ1n) is 6.40. The molecule has 0 aliphatic carbocycles. The van der Waals surface area contributed by atoms with Crippen LogP contribution in [0.4, 0.5) is 18.9 Å². The molecule has 3 rings (SSSR count). The maximum Gasteiger partial charge on any atom is 0.417 e. The van der Waals surface area contributed by atoms with E-state index in [4.69, 9.17) is 0 Å². The Morgan fingerprint density at radius 2 is 1.78 bits per heavy atom. The fourth-order valence-electron chi connectivity index (χ4n) is 2.19. The van der Waals surface area contributed by atoms with Gasteiger partial charge in [-0.25, -0.2) is 8.42 Å². The monoisotopic (exact) mass is 341 g/mol. The smallest absolute Gasteiger partial charge is 0.277 e. The van der Waals surface area contributed by atoms with E-state index >= 15 is 0 Å². The van der Waals surface area contributed by atoms with Crippen molar-refractivity contribution in [1.29, 1.82) is 0 Å². The molecule has 0 unspecified atom stereocenters. The summed E-state index contributed by atoms with van der Waals surface area (Å²) in [7, 11) is -4.41. The van der Waals surface area contributed by atoms with E-state index in [1.54, 1.807) is 12.1 Å². The lowest BCUT2D eigenvalue weighted by Crippen LogP contribution is -2.19. The van der Waals surface area contributed by atoms with Crippen LogP contribution in [0.2, 0.25) is 0 Å². The fourth-order valence-corrected chi connectivity index (χ4v) is 3.49. The van der Waals surface area contributed by atoms with Crippen LogP contribution in [0.3, 0.4) is 0 Å². The van der Waals surface area contributed by atoms with Crippen LogP contribution in [0.15, 0.2) is 53.6 Å². The van der Waals surface area contributed by atoms with Crippen molar-refractivity contribution in [2.45, 2.75) is 11.1 Å². The second-order valence-corrected chi connectivity index (χ2v) is 6.39. The molecule has 2 aromatic carbocycles. The zero-order valence-electron chi connectivity index (χ0n) is 11.4. The molecular weight excluding hydrogens is 331 g/mol. The summed E-state index contributed by atoms with van der Waals surface area (Å²) in [6.07, 6.45) is -3.29. The van der Waals surface area contributed by atoms with E-state index in [-0.39, 0.29) is 5.69 Å². The standard InChI is InChI=1S/C14H10F3N3O2S/c15-14(16,17)10-5-1-2-7-12(10)23(21,22)20-11-6-3-4-9-8-18-19-13(9)11/h1-8,20H,(H,18,19). The van der Waals surface area contributed by atoms with Crippen molar-refractivity contribution < 1.29 is 21.6 Å². The molecule has 0 radical (unpaired) electrons. The van der Waals surface area contributed by atoms with E-state index in [9.17, 15) is 21.6 Å². The third-order valence-corrected chi connectivity index (χ3v) is 4.63. The molecule has 0 saturated carbocycles. The van der Waals surface area contributed by atoms with Crippen LogP contribution in [-0.4, -0.2) is 18.6 Å². The first-order chi connectivity index (χ1) is 10.8. The number of nitrogens with one attached hydrogen (secondary N) is 2. The zero-order chi connectivity index (χ0) is 16.7. The Bertz CT molecular complexity index is 965. The van der Waals surface area contributed by atoms with E-state index in [2.05, 4.69) is 14.9 Å². The maximum atomic E-state index is 13.0. The average Bonchev–Trinajstić information content (AvgIpc) is 2.96. The lowest BCUT2D eigenvalue weighted by Gasteiger charge is -2.14. The molecule has 0 spiro atoms. The number of rotatable bonds is 3. The molecule has 0 saturated heterocycles. The van der Waals surface area contributed by atoms with Crippen molar-refractivity contribution in [2.75, 3.05) is 4.72 Å². The lowest BCUT2D eigenvalue weighted by molar-refractivity contribution is -0.139. The molecule has 0 amide bonds. The lowest BCUT2D eigenvalue weighted by atomic mass is 10.2. The van der Waals surface area contributed by atoms with Crippen molar-refractivity contribution in [3.63, 3.8) is 0 Å². The fraction of sp³-hybridized carbons (Fsp3) is 0.0714. The molecule has 120 valence electrons. The molecule has 1 heterocycles. The molecule has 1 aromatic heterocycles. The second-order valence-electron chi connectivity index (χ2n) is 4.74. The number of H-pyrrole nitrogens is 1. The van der Waals surface area contributed by atoms with E-state index in [1.165, 1.54) is 18.3 Å². The number of para-hydroxylation sites is 1. The van der Waals surface area contributed by atoms with Gasteiger partial charge < -0.3 is 0 Å². The van der Waals surface area contributed by atoms with Crippen molar-refractivity contribution >= 4 is 26.6 Å². The van der Waals surface area contributed by atoms with E-state index in [1.807, 2.05) is 0 Å². The Morgan fingerprint density at radius 1 is 1.04 bits per heavy atom. The van der Waals surface area contributed by atoms with Gasteiger partial charge in [-0.1, -0.05) is 24.3 Å². The summed E-state index contributed by atoms with van der Waals surface area (Å²) >= 11 is 0. The maximum absolute atomic E-state index is 13.0. The third-order valence-electron chi connectivity index (χ3n) is 3.20. The molecule has 23 heavy (non-hydrogen) atoms. The van der Waals surface area contributed by atoms with Gasteiger partial charge in [-0.15, -0.1) is 0 Å². The highest BCUT2D eigenvalue weighted by Gasteiger charge is 2.37. The van der Waals surface area contributed by atoms with Gasteiger partial charge in [0, 0.05) is 5.39 Å². The summed E-state index contributed by atoms with van der Waals surface area (Å²) in [6.45, 7) is 0. The Morgan fingerprint density at radius 3 is 2.52 bits per heavy atom. The van der Waals surface area contributed by atoms with Crippen LogP contribution in [0, 0.1) is 0 Å². The average molecular weight is 341 g/mol. The van der Waals surface area contributed by atoms with Crippen molar-refractivity contribution in [3.8, 4) is 0 Å². The molecule has 0 aliphatic rings. The van der Waals surface area contributed by atoms with Gasteiger partial charge in [-0.2, -0.15) is 18.3 Å². The van der Waals surface area contributed by atoms with Gasteiger partial charge in [0.25, 0.3) is 10.0 Å². The highest BCUT2D eigenvalue weighted by molar-refractivity contribution is 7.92. The summed E-state index contributed by atoms with van der Waals surface area (Å²) in [5.41, 5.74) is -0.707. The van der Waals surface area contributed by atoms with Crippen LogP contribution >= 0.6 is 0 Å². The number of nitrogens with zero attached hydrogens (tertiary/aromatic N) is 1. The predicted octanol–water partition coefficient (Wildman–Crippen LogP) is 3.38. The molecule has 0 atom stereocenters. The highest BCUT2D eigenvalue weighted by atomic mass is 32.2. The number of aromatic nitrogens is 2. The quantitative estimate of drug-likeness (QED) is 0.767. The van der Waals surface area contributed by atoms with Crippen LogP contribution in [0.1, 0.15) is 5.56 Å². The van der Waals surface area contributed by atoms with Gasteiger partial charge in [-0.05, 0) is 18.2 Å². The minimum absolute atomic E-state index is 0.122. The number of alkyl halides is 3. The number of hydrogen-bond acceptors (Lipinski definition) is 3. The van der Waals surface area contributed by atoms with Gasteiger partial charge in [0.2, 0.25) is 0 Å². The summed E-state index contributed by atoms with van der Waals surface area (Å²) in [5.74, 6) is 0. The van der Waals surface area contributed by atoms with Gasteiger partial charge in [-0.3, -0.25) is 9.82 Å². The van der Waals surface area contributed by atoms with Gasteiger partial charge in [0.05, 0.1) is 27.9 Å². The number of fused-ring (bicyclic) bond motifs is 1. The minimum Gasteiger partial charge on any atom is -0.277 e. The van der Waals surface area contributed by atoms with Crippen molar-refractivity contribution in [3.05, 3.63) is 54.2 Å². The van der Waals surface area contributed by atoms with E-state index < -0.39 is 26.7 Å². The van der Waals surface area contributed by atoms with E-state index in [0.717, 1.165) is 18.2 Å². The number of anilines is 1. The minimum atomic E-state index is -4.77. The predicted molar refractivity (Wildman–Crippen MR) is 78.3 cm³/mol. The topological polar surface area (TPSA) is 74.8 Å².